The zero-order valence-corrected chi connectivity index (χ0v) is 26.1. The molecule has 0 atom stereocenters. The molecule has 0 aliphatic carbocycles. The second-order valence-corrected chi connectivity index (χ2v) is 12.9. The molecule has 0 saturated carbocycles. The lowest BCUT2D eigenvalue weighted by Gasteiger charge is -2.37. The van der Waals surface area contributed by atoms with Crippen LogP contribution in [0.15, 0.2) is 42.9 Å². The van der Waals surface area contributed by atoms with Crippen molar-refractivity contribution in [2.75, 3.05) is 67.4 Å². The van der Waals surface area contributed by atoms with Gasteiger partial charge in [0.25, 0.3) is 0 Å². The summed E-state index contributed by atoms with van der Waals surface area (Å²) in [6, 6.07) is 8.14. The van der Waals surface area contributed by atoms with Crippen LogP contribution in [0.2, 0.25) is 0 Å². The standard InChI is InChI=1S/C29H36BN9O3S/c1-18-15-23(25(42-5)16-24(18)39-13-9-19(10-14-39)37(2)3)35-29-33-17-20(30)28(36-29)34-22-8-7-21-26(32-12-11-31-21)27(22)38(4)43(6,40)41/h7-8,11-12,15-17,19H,9-10,13-14H2,1-6H3,(H2,33,34,35,36). The Balaban J connectivity index is 1.44. The van der Waals surface area contributed by atoms with Gasteiger partial charge in [-0.2, -0.15) is 4.98 Å². The lowest BCUT2D eigenvalue weighted by molar-refractivity contribution is 0.249. The van der Waals surface area contributed by atoms with Crippen LogP contribution in [0.25, 0.3) is 11.0 Å². The van der Waals surface area contributed by atoms with E-state index in [4.69, 9.17) is 12.6 Å². The van der Waals surface area contributed by atoms with Gasteiger partial charge in [-0.05, 0) is 63.1 Å². The zero-order valence-electron chi connectivity index (χ0n) is 25.3. The molecule has 3 heterocycles. The highest BCUT2D eigenvalue weighted by atomic mass is 32.2. The van der Waals surface area contributed by atoms with Gasteiger partial charge in [0, 0.05) is 56.5 Å². The first-order valence-electron chi connectivity index (χ1n) is 13.9. The number of fused-ring (bicyclic) bond motifs is 1. The summed E-state index contributed by atoms with van der Waals surface area (Å²) in [5, 5.41) is 6.45. The number of hydrogen-bond donors (Lipinski definition) is 2. The Morgan fingerprint density at radius 3 is 2.42 bits per heavy atom. The van der Waals surface area contributed by atoms with Crippen LogP contribution >= 0.6 is 0 Å². The molecule has 1 aliphatic rings. The average Bonchev–Trinajstić information content (AvgIpc) is 2.98. The van der Waals surface area contributed by atoms with Gasteiger partial charge in [0.05, 0.1) is 30.3 Å². The molecule has 1 fully saturated rings. The number of nitrogens with one attached hydrogen (secondary N) is 2. The number of aromatic nitrogens is 4. The van der Waals surface area contributed by atoms with Gasteiger partial charge in [0.1, 0.15) is 30.6 Å². The number of anilines is 6. The normalized spacial score (nSPS) is 14.3. The van der Waals surface area contributed by atoms with Gasteiger partial charge in [0.2, 0.25) is 16.0 Å². The summed E-state index contributed by atoms with van der Waals surface area (Å²) >= 11 is 0. The summed E-state index contributed by atoms with van der Waals surface area (Å²) in [4.78, 5) is 22.4. The van der Waals surface area contributed by atoms with Crippen molar-refractivity contribution >= 4 is 68.9 Å². The molecule has 4 aromatic rings. The van der Waals surface area contributed by atoms with Crippen LogP contribution in [0.1, 0.15) is 18.4 Å². The van der Waals surface area contributed by atoms with Crippen molar-refractivity contribution in [1.82, 2.24) is 24.8 Å². The maximum Gasteiger partial charge on any atom is 0.232 e. The van der Waals surface area contributed by atoms with Crippen molar-refractivity contribution in [3.05, 3.63) is 48.4 Å². The van der Waals surface area contributed by atoms with Gasteiger partial charge in [-0.25, -0.2) is 13.4 Å². The molecule has 1 aliphatic heterocycles. The van der Waals surface area contributed by atoms with Crippen molar-refractivity contribution in [3.63, 3.8) is 0 Å². The van der Waals surface area contributed by atoms with Crippen molar-refractivity contribution < 1.29 is 13.2 Å². The van der Waals surface area contributed by atoms with E-state index in [1.165, 1.54) is 19.4 Å². The third kappa shape index (κ3) is 6.44. The van der Waals surface area contributed by atoms with E-state index in [2.05, 4.69) is 61.4 Å². The molecule has 0 spiro atoms. The molecule has 2 radical (unpaired) electrons. The zero-order chi connectivity index (χ0) is 30.9. The van der Waals surface area contributed by atoms with Crippen LogP contribution in [0.5, 0.6) is 5.75 Å². The third-order valence-electron chi connectivity index (χ3n) is 7.80. The first kappa shape index (κ1) is 30.3. The number of nitrogens with zero attached hydrogens (tertiary/aromatic N) is 7. The SMILES string of the molecule is [B]c1cnc(Nc2cc(C)c(N3CCC(N(C)C)CC3)cc2OC)nc1Nc1ccc2nccnc2c1N(C)S(C)(=O)=O. The molecule has 0 unspecified atom stereocenters. The Hall–Kier alpha value is -4.17. The third-order valence-corrected chi connectivity index (χ3v) is 8.97. The van der Waals surface area contributed by atoms with E-state index in [0.717, 1.165) is 47.7 Å². The number of piperidine rings is 1. The summed E-state index contributed by atoms with van der Waals surface area (Å²) in [6.07, 6.45) is 7.89. The fourth-order valence-electron chi connectivity index (χ4n) is 5.31. The lowest BCUT2D eigenvalue weighted by Crippen LogP contribution is -2.42. The fourth-order valence-corrected chi connectivity index (χ4v) is 5.83. The Labute approximate surface area is 254 Å². The van der Waals surface area contributed by atoms with E-state index >= 15 is 0 Å². The second kappa shape index (κ2) is 12.2. The minimum absolute atomic E-state index is 0.275. The molecule has 2 N–H and O–H groups in total. The van der Waals surface area contributed by atoms with Crippen LogP contribution in [0.4, 0.5) is 34.5 Å². The smallest absolute Gasteiger partial charge is 0.232 e. The van der Waals surface area contributed by atoms with Gasteiger partial charge in [0.15, 0.2) is 0 Å². The van der Waals surface area contributed by atoms with Crippen molar-refractivity contribution in [3.8, 4) is 5.75 Å². The summed E-state index contributed by atoms with van der Waals surface area (Å²) < 4.78 is 32.0. The topological polar surface area (TPSA) is 129 Å². The van der Waals surface area contributed by atoms with Crippen LogP contribution in [-0.2, 0) is 10.0 Å². The van der Waals surface area contributed by atoms with E-state index in [9.17, 15) is 8.42 Å². The minimum Gasteiger partial charge on any atom is -0.494 e. The molecule has 5 rings (SSSR count). The highest BCUT2D eigenvalue weighted by Crippen LogP contribution is 2.37. The number of ether oxygens (including phenoxy) is 1. The number of benzene rings is 2. The Kier molecular flexibility index (Phi) is 8.60. The van der Waals surface area contributed by atoms with Crippen LogP contribution in [0.3, 0.4) is 0 Å². The Morgan fingerprint density at radius 2 is 1.74 bits per heavy atom. The second-order valence-electron chi connectivity index (χ2n) is 10.9. The summed E-state index contributed by atoms with van der Waals surface area (Å²) in [7, 11) is 10.0. The summed E-state index contributed by atoms with van der Waals surface area (Å²) in [5.41, 5.74) is 4.95. The predicted molar refractivity (Wildman–Crippen MR) is 173 cm³/mol. The van der Waals surface area contributed by atoms with E-state index < -0.39 is 10.0 Å². The molecule has 14 heteroatoms. The van der Waals surface area contributed by atoms with Crippen molar-refractivity contribution in [2.45, 2.75) is 25.8 Å². The maximum atomic E-state index is 12.5. The van der Waals surface area contributed by atoms with Crippen LogP contribution in [0, 0.1) is 6.92 Å². The maximum absolute atomic E-state index is 12.5. The quantitative estimate of drug-likeness (QED) is 0.275. The van der Waals surface area contributed by atoms with Crippen molar-refractivity contribution in [2.24, 2.45) is 0 Å². The molecule has 43 heavy (non-hydrogen) atoms. The molecule has 0 amide bonds. The number of hydrogen-bond acceptors (Lipinski definition) is 11. The van der Waals surface area contributed by atoms with E-state index in [-0.39, 0.29) is 11.4 Å². The number of aryl methyl sites for hydroxylation is 1. The first-order chi connectivity index (χ1) is 20.5. The summed E-state index contributed by atoms with van der Waals surface area (Å²) in [6.45, 7) is 4.04. The molecular formula is C29H36BN9O3S. The molecule has 1 saturated heterocycles. The first-order valence-corrected chi connectivity index (χ1v) is 15.7. The van der Waals surface area contributed by atoms with Gasteiger partial charge in [-0.3, -0.25) is 14.3 Å². The van der Waals surface area contributed by atoms with E-state index in [1.54, 1.807) is 25.4 Å². The molecule has 2 aromatic carbocycles. The van der Waals surface area contributed by atoms with Gasteiger partial charge >= 0.3 is 0 Å². The summed E-state index contributed by atoms with van der Waals surface area (Å²) in [5.74, 6) is 1.24. The number of methoxy groups -OCH3 is 1. The van der Waals surface area contributed by atoms with Crippen LogP contribution < -0.4 is 30.0 Å². The average molecular weight is 602 g/mol. The molecule has 12 nitrogen and oxygen atoms in total. The molecule has 0 bridgehead atoms. The Morgan fingerprint density at radius 1 is 1.02 bits per heavy atom. The van der Waals surface area contributed by atoms with Gasteiger partial charge in [-0.15, -0.1) is 0 Å². The number of rotatable bonds is 9. The van der Waals surface area contributed by atoms with E-state index in [1.807, 2.05) is 12.1 Å². The van der Waals surface area contributed by atoms with Gasteiger partial charge < -0.3 is 25.2 Å². The predicted octanol–water partition coefficient (Wildman–Crippen LogP) is 2.94. The van der Waals surface area contributed by atoms with Crippen LogP contribution in [-0.4, -0.2) is 94.7 Å². The highest BCUT2D eigenvalue weighted by Gasteiger charge is 2.24. The molecular weight excluding hydrogens is 565 g/mol. The fraction of sp³-hybridized carbons (Fsp3) is 0.379. The monoisotopic (exact) mass is 601 g/mol. The highest BCUT2D eigenvalue weighted by molar-refractivity contribution is 7.92. The van der Waals surface area contributed by atoms with Crippen molar-refractivity contribution in [1.29, 1.82) is 0 Å². The minimum atomic E-state index is -3.62. The lowest BCUT2D eigenvalue weighted by atomic mass is 9.99. The molecule has 2 aromatic heterocycles. The van der Waals surface area contributed by atoms with E-state index in [0.29, 0.717) is 45.7 Å². The Bertz CT molecular complexity index is 1750. The van der Waals surface area contributed by atoms with Gasteiger partial charge in [-0.1, -0.05) is 0 Å². The molecule has 224 valence electrons. The number of sulfonamides is 1. The largest absolute Gasteiger partial charge is 0.494 e.